The van der Waals surface area contributed by atoms with Gasteiger partial charge in [-0.25, -0.2) is 0 Å². The number of nitrogens with one attached hydrogen (secondary N) is 1. The second-order valence-corrected chi connectivity index (χ2v) is 2.81. The Morgan fingerprint density at radius 3 is 3.00 bits per heavy atom. The predicted molar refractivity (Wildman–Crippen MR) is 48.9 cm³/mol. The molecule has 1 aromatic rings. The number of carbonyl (C=O) groups is 1. The Morgan fingerprint density at radius 2 is 2.33 bits per heavy atom. The van der Waals surface area contributed by atoms with E-state index >= 15 is 0 Å². The van der Waals surface area contributed by atoms with Crippen molar-refractivity contribution in [1.82, 2.24) is 5.32 Å². The molecule has 0 spiro atoms. The van der Waals surface area contributed by atoms with Gasteiger partial charge in [-0.3, -0.25) is 4.79 Å². The summed E-state index contributed by atoms with van der Waals surface area (Å²) in [7, 11) is 0. The second-order valence-electron chi connectivity index (χ2n) is 2.81. The number of amides is 1. The quantitative estimate of drug-likeness (QED) is 0.526. The fourth-order valence-electron chi connectivity index (χ4n) is 1.14. The Hall–Kier alpha value is -1.31. The molecule has 0 unspecified atom stereocenters. The van der Waals surface area contributed by atoms with Gasteiger partial charge in [-0.2, -0.15) is 0 Å². The zero-order valence-corrected chi connectivity index (χ0v) is 7.21. The second kappa shape index (κ2) is 4.54. The van der Waals surface area contributed by atoms with Crippen molar-refractivity contribution in [2.24, 2.45) is 0 Å². The minimum Gasteiger partial charge on any atom is -0.358 e. The smallest absolute Gasteiger partial charge is 0.207 e. The Bertz CT molecular complexity index is 258. The lowest BCUT2D eigenvalue weighted by Gasteiger charge is -2.00. The van der Waals surface area contributed by atoms with E-state index in [0.717, 1.165) is 12.8 Å². The highest BCUT2D eigenvalue weighted by Crippen LogP contribution is 2.03. The molecule has 0 radical (unpaired) electrons. The molecule has 12 heavy (non-hydrogen) atoms. The van der Waals surface area contributed by atoms with Gasteiger partial charge in [0.25, 0.3) is 0 Å². The number of hydrogen-bond donors (Lipinski definition) is 1. The Balaban J connectivity index is 2.46. The third-order valence-electron chi connectivity index (χ3n) is 1.72. The first kappa shape index (κ1) is 8.78. The van der Waals surface area contributed by atoms with Crippen LogP contribution in [0.3, 0.4) is 0 Å². The van der Waals surface area contributed by atoms with Crippen LogP contribution in [0.5, 0.6) is 0 Å². The molecule has 0 aliphatic rings. The summed E-state index contributed by atoms with van der Waals surface area (Å²) in [6.45, 7) is 2.78. The third-order valence-corrected chi connectivity index (χ3v) is 1.72. The minimum absolute atomic E-state index is 0.715. The molecule has 0 saturated carbocycles. The fraction of sp³-hybridized carbons (Fsp3) is 0.300. The molecule has 64 valence electrons. The SMILES string of the molecule is Cc1cccc(CCNC=O)c1. The molecule has 0 aliphatic heterocycles. The molecule has 0 atom stereocenters. The zero-order chi connectivity index (χ0) is 8.81. The first-order chi connectivity index (χ1) is 5.83. The van der Waals surface area contributed by atoms with Gasteiger partial charge in [0.2, 0.25) is 6.41 Å². The molecule has 2 nitrogen and oxygen atoms in total. The molecule has 0 bridgehead atoms. The molecule has 0 fully saturated rings. The first-order valence-electron chi connectivity index (χ1n) is 4.05. The van der Waals surface area contributed by atoms with Crippen LogP contribution in [0, 0.1) is 6.92 Å². The van der Waals surface area contributed by atoms with Crippen LogP contribution in [0.2, 0.25) is 0 Å². The van der Waals surface area contributed by atoms with Crippen LogP contribution in [0.4, 0.5) is 0 Å². The van der Waals surface area contributed by atoms with E-state index < -0.39 is 0 Å². The summed E-state index contributed by atoms with van der Waals surface area (Å²) < 4.78 is 0. The van der Waals surface area contributed by atoms with Crippen LogP contribution in [0.25, 0.3) is 0 Å². The number of hydrogen-bond acceptors (Lipinski definition) is 1. The average Bonchev–Trinajstić information content (AvgIpc) is 2.05. The van der Waals surface area contributed by atoms with E-state index in [1.807, 2.05) is 6.07 Å². The van der Waals surface area contributed by atoms with Crippen LogP contribution >= 0.6 is 0 Å². The van der Waals surface area contributed by atoms with Crippen LogP contribution in [-0.4, -0.2) is 13.0 Å². The third kappa shape index (κ3) is 2.74. The monoisotopic (exact) mass is 163 g/mol. The lowest BCUT2D eigenvalue weighted by atomic mass is 10.1. The average molecular weight is 163 g/mol. The highest BCUT2D eigenvalue weighted by atomic mass is 16.1. The molecule has 1 N–H and O–H groups in total. The van der Waals surface area contributed by atoms with Gasteiger partial charge in [0.1, 0.15) is 0 Å². The van der Waals surface area contributed by atoms with Crippen molar-refractivity contribution in [2.75, 3.05) is 6.54 Å². The molecular weight excluding hydrogens is 150 g/mol. The van der Waals surface area contributed by atoms with Crippen LogP contribution in [0.1, 0.15) is 11.1 Å². The summed E-state index contributed by atoms with van der Waals surface area (Å²) in [5.41, 5.74) is 2.53. The normalized spacial score (nSPS) is 9.42. The lowest BCUT2D eigenvalue weighted by molar-refractivity contribution is -0.109. The summed E-state index contributed by atoms with van der Waals surface area (Å²) in [5, 5.41) is 2.64. The fourth-order valence-corrected chi connectivity index (χ4v) is 1.14. The van der Waals surface area contributed by atoms with Crippen molar-refractivity contribution in [2.45, 2.75) is 13.3 Å². The summed E-state index contributed by atoms with van der Waals surface area (Å²) in [4.78, 5) is 9.95. The summed E-state index contributed by atoms with van der Waals surface area (Å²) in [6, 6.07) is 8.30. The van der Waals surface area contributed by atoms with E-state index in [-0.39, 0.29) is 0 Å². The molecule has 0 saturated heterocycles. The Kier molecular flexibility index (Phi) is 3.33. The van der Waals surface area contributed by atoms with Gasteiger partial charge in [0.15, 0.2) is 0 Å². The minimum atomic E-state index is 0.715. The van der Waals surface area contributed by atoms with Gasteiger partial charge in [-0.1, -0.05) is 29.8 Å². The van der Waals surface area contributed by atoms with E-state index in [9.17, 15) is 4.79 Å². The van der Waals surface area contributed by atoms with Gasteiger partial charge in [-0.15, -0.1) is 0 Å². The lowest BCUT2D eigenvalue weighted by Crippen LogP contribution is -2.14. The Morgan fingerprint density at radius 1 is 1.50 bits per heavy atom. The van der Waals surface area contributed by atoms with Crippen LogP contribution in [0.15, 0.2) is 24.3 Å². The van der Waals surface area contributed by atoms with Crippen molar-refractivity contribution in [3.63, 3.8) is 0 Å². The molecule has 0 heterocycles. The van der Waals surface area contributed by atoms with E-state index in [1.165, 1.54) is 11.1 Å². The van der Waals surface area contributed by atoms with Crippen LogP contribution in [-0.2, 0) is 11.2 Å². The van der Waals surface area contributed by atoms with Crippen molar-refractivity contribution in [3.05, 3.63) is 35.4 Å². The van der Waals surface area contributed by atoms with Crippen molar-refractivity contribution < 1.29 is 4.79 Å². The summed E-state index contributed by atoms with van der Waals surface area (Å²) in [5.74, 6) is 0. The summed E-state index contributed by atoms with van der Waals surface area (Å²) in [6.07, 6.45) is 1.64. The number of aryl methyl sites for hydroxylation is 1. The maximum absolute atomic E-state index is 9.95. The van der Waals surface area contributed by atoms with Crippen molar-refractivity contribution in [1.29, 1.82) is 0 Å². The highest BCUT2D eigenvalue weighted by molar-refractivity contribution is 5.45. The standard InChI is InChI=1S/C10H13NO/c1-9-3-2-4-10(7-9)5-6-11-8-12/h2-4,7-8H,5-6H2,1H3,(H,11,12). The molecule has 1 aromatic carbocycles. The maximum Gasteiger partial charge on any atom is 0.207 e. The van der Waals surface area contributed by atoms with E-state index in [2.05, 4.69) is 30.4 Å². The molecule has 0 aliphatic carbocycles. The molecule has 0 aromatic heterocycles. The summed E-state index contributed by atoms with van der Waals surface area (Å²) >= 11 is 0. The van der Waals surface area contributed by atoms with Gasteiger partial charge < -0.3 is 5.32 Å². The molecule has 1 rings (SSSR count). The molecular formula is C10H13NO. The molecule has 1 amide bonds. The van der Waals surface area contributed by atoms with E-state index in [0.29, 0.717) is 6.54 Å². The van der Waals surface area contributed by atoms with Gasteiger partial charge >= 0.3 is 0 Å². The number of carbonyl (C=O) groups excluding carboxylic acids is 1. The van der Waals surface area contributed by atoms with Gasteiger partial charge in [0.05, 0.1) is 0 Å². The van der Waals surface area contributed by atoms with Crippen molar-refractivity contribution >= 4 is 6.41 Å². The number of rotatable bonds is 4. The zero-order valence-electron chi connectivity index (χ0n) is 7.21. The van der Waals surface area contributed by atoms with Gasteiger partial charge in [-0.05, 0) is 18.9 Å². The number of benzene rings is 1. The van der Waals surface area contributed by atoms with Crippen molar-refractivity contribution in [3.8, 4) is 0 Å². The predicted octanol–water partition coefficient (Wildman–Crippen LogP) is 1.28. The molecule has 2 heteroatoms. The van der Waals surface area contributed by atoms with E-state index in [1.54, 1.807) is 0 Å². The largest absolute Gasteiger partial charge is 0.358 e. The first-order valence-corrected chi connectivity index (χ1v) is 4.05. The maximum atomic E-state index is 9.95. The topological polar surface area (TPSA) is 29.1 Å². The Labute approximate surface area is 72.6 Å². The van der Waals surface area contributed by atoms with E-state index in [4.69, 9.17) is 0 Å². The van der Waals surface area contributed by atoms with Crippen LogP contribution < -0.4 is 5.32 Å². The highest BCUT2D eigenvalue weighted by Gasteiger charge is 1.91. The van der Waals surface area contributed by atoms with Gasteiger partial charge in [0, 0.05) is 6.54 Å².